The number of nitrogens with zero attached hydrogens (tertiary/aromatic N) is 1. The van der Waals surface area contributed by atoms with E-state index >= 15 is 0 Å². The van der Waals surface area contributed by atoms with Gasteiger partial charge in [0.25, 0.3) is 0 Å². The predicted octanol–water partition coefficient (Wildman–Crippen LogP) is 2.79. The Morgan fingerprint density at radius 1 is 1.32 bits per heavy atom. The van der Waals surface area contributed by atoms with Crippen LogP contribution in [0.4, 0.5) is 0 Å². The highest BCUT2D eigenvalue weighted by Crippen LogP contribution is 2.15. The summed E-state index contributed by atoms with van der Waals surface area (Å²) in [6, 6.07) is 8.16. The molecule has 0 aliphatic heterocycles. The molecule has 0 amide bonds. The van der Waals surface area contributed by atoms with Crippen LogP contribution in [-0.4, -0.2) is 31.7 Å². The summed E-state index contributed by atoms with van der Waals surface area (Å²) in [7, 11) is 0. The van der Waals surface area contributed by atoms with Crippen LogP contribution in [0, 0.1) is 0 Å². The highest BCUT2D eigenvalue weighted by Gasteiger charge is 1.99. The Hall–Kier alpha value is -1.23. The molecule has 0 aliphatic rings. The summed E-state index contributed by atoms with van der Waals surface area (Å²) in [4.78, 5) is 4.45. The van der Waals surface area contributed by atoms with E-state index in [0.717, 1.165) is 22.7 Å². The molecule has 0 saturated carbocycles. The Balaban J connectivity index is 2.35. The Kier molecular flexibility index (Phi) is 7.33. The minimum atomic E-state index is 0.366. The summed E-state index contributed by atoms with van der Waals surface area (Å²) in [5.41, 5.74) is 0. The number of benzene rings is 1. The maximum atomic E-state index is 5.61. The van der Waals surface area contributed by atoms with Gasteiger partial charge in [-0.1, -0.05) is 15.9 Å². The molecular weight excluding hydrogens is 306 g/mol. The summed E-state index contributed by atoms with van der Waals surface area (Å²) in [5.74, 6) is 1.69. The number of ether oxygens (including phenoxy) is 1. The molecule has 0 heterocycles. The van der Waals surface area contributed by atoms with Crippen molar-refractivity contribution in [3.05, 3.63) is 28.7 Å². The predicted molar refractivity (Wildman–Crippen MR) is 83.9 cm³/mol. The molecule has 0 saturated heterocycles. The van der Waals surface area contributed by atoms with E-state index in [9.17, 15) is 0 Å². The van der Waals surface area contributed by atoms with Crippen molar-refractivity contribution in [2.75, 3.05) is 19.7 Å². The average molecular weight is 328 g/mol. The van der Waals surface area contributed by atoms with Gasteiger partial charge in [-0.25, -0.2) is 4.99 Å². The molecule has 19 heavy (non-hydrogen) atoms. The van der Waals surface area contributed by atoms with E-state index in [1.165, 1.54) is 0 Å². The lowest BCUT2D eigenvalue weighted by Gasteiger charge is -2.14. The minimum Gasteiger partial charge on any atom is -0.492 e. The van der Waals surface area contributed by atoms with Gasteiger partial charge in [0.05, 0.1) is 6.54 Å². The van der Waals surface area contributed by atoms with E-state index < -0.39 is 0 Å². The first-order chi connectivity index (χ1) is 9.11. The Morgan fingerprint density at radius 2 is 2.00 bits per heavy atom. The fourth-order valence-electron chi connectivity index (χ4n) is 1.45. The molecular formula is C14H22BrN3O. The molecule has 0 unspecified atom stereocenters. The van der Waals surface area contributed by atoms with E-state index in [1.807, 2.05) is 24.3 Å². The van der Waals surface area contributed by atoms with Gasteiger partial charge in [-0.3, -0.25) is 0 Å². The fraction of sp³-hybridized carbons (Fsp3) is 0.500. The molecule has 0 atom stereocenters. The van der Waals surface area contributed by atoms with E-state index in [4.69, 9.17) is 4.74 Å². The van der Waals surface area contributed by atoms with E-state index in [2.05, 4.69) is 52.3 Å². The summed E-state index contributed by atoms with van der Waals surface area (Å²) < 4.78 is 6.66. The molecule has 106 valence electrons. The number of hydrogen-bond donors (Lipinski definition) is 2. The maximum Gasteiger partial charge on any atom is 0.191 e. The van der Waals surface area contributed by atoms with Crippen LogP contribution >= 0.6 is 15.9 Å². The summed E-state index contributed by atoms with van der Waals surface area (Å²) in [6.45, 7) is 8.27. The third-order valence-electron chi connectivity index (χ3n) is 2.21. The van der Waals surface area contributed by atoms with Gasteiger partial charge < -0.3 is 15.4 Å². The van der Waals surface area contributed by atoms with Gasteiger partial charge in [0, 0.05) is 17.1 Å². The molecule has 0 fully saturated rings. The van der Waals surface area contributed by atoms with Crippen LogP contribution in [0.25, 0.3) is 0 Å². The molecule has 1 aromatic rings. The second kappa shape index (κ2) is 8.80. The second-order valence-electron chi connectivity index (χ2n) is 4.36. The smallest absolute Gasteiger partial charge is 0.191 e. The fourth-order valence-corrected chi connectivity index (χ4v) is 1.71. The van der Waals surface area contributed by atoms with Crippen molar-refractivity contribution < 1.29 is 4.74 Å². The van der Waals surface area contributed by atoms with Gasteiger partial charge in [0.15, 0.2) is 5.96 Å². The van der Waals surface area contributed by atoms with E-state index in [0.29, 0.717) is 19.2 Å². The zero-order chi connectivity index (χ0) is 14.1. The number of hydrogen-bond acceptors (Lipinski definition) is 2. The van der Waals surface area contributed by atoms with Crippen molar-refractivity contribution in [1.82, 2.24) is 10.6 Å². The number of rotatable bonds is 6. The van der Waals surface area contributed by atoms with Crippen molar-refractivity contribution >= 4 is 21.9 Å². The summed E-state index contributed by atoms with van der Waals surface area (Å²) >= 11 is 3.39. The van der Waals surface area contributed by atoms with Crippen LogP contribution in [0.2, 0.25) is 0 Å². The molecule has 1 aromatic carbocycles. The Morgan fingerprint density at radius 3 is 2.58 bits per heavy atom. The van der Waals surface area contributed by atoms with E-state index in [1.54, 1.807) is 0 Å². The first kappa shape index (κ1) is 15.8. The zero-order valence-electron chi connectivity index (χ0n) is 11.7. The van der Waals surface area contributed by atoms with Gasteiger partial charge in [-0.2, -0.15) is 0 Å². The van der Waals surface area contributed by atoms with Crippen molar-refractivity contribution in [3.8, 4) is 5.75 Å². The van der Waals surface area contributed by atoms with Gasteiger partial charge >= 0.3 is 0 Å². The Labute approximate surface area is 123 Å². The minimum absolute atomic E-state index is 0.366. The zero-order valence-corrected chi connectivity index (χ0v) is 13.3. The van der Waals surface area contributed by atoms with Crippen molar-refractivity contribution in [2.45, 2.75) is 26.8 Å². The Bertz CT molecular complexity index is 390. The molecule has 0 spiro atoms. The summed E-state index contributed by atoms with van der Waals surface area (Å²) in [5, 5.41) is 6.46. The topological polar surface area (TPSA) is 45.7 Å². The first-order valence-corrected chi connectivity index (χ1v) is 7.34. The van der Waals surface area contributed by atoms with Crippen LogP contribution in [0.3, 0.4) is 0 Å². The molecule has 0 aliphatic carbocycles. The molecule has 0 bridgehead atoms. The molecule has 0 aromatic heterocycles. The van der Waals surface area contributed by atoms with Crippen LogP contribution in [0.15, 0.2) is 33.7 Å². The second-order valence-corrected chi connectivity index (χ2v) is 5.28. The average Bonchev–Trinajstić information content (AvgIpc) is 2.36. The molecule has 1 rings (SSSR count). The number of nitrogens with one attached hydrogen (secondary N) is 2. The standard InChI is InChI=1S/C14H22BrN3O/c1-4-16-14(18-11(2)3)17-9-10-19-13-7-5-12(15)6-8-13/h5-8,11H,4,9-10H2,1-3H3,(H2,16,17,18). The first-order valence-electron chi connectivity index (χ1n) is 6.55. The molecule has 4 nitrogen and oxygen atoms in total. The van der Waals surface area contributed by atoms with Crippen LogP contribution in [-0.2, 0) is 0 Å². The highest BCUT2D eigenvalue weighted by atomic mass is 79.9. The third kappa shape index (κ3) is 7.06. The van der Waals surface area contributed by atoms with Gasteiger partial charge in [0.2, 0.25) is 0 Å². The number of aliphatic imine (C=N–C) groups is 1. The maximum absolute atomic E-state index is 5.61. The lowest BCUT2D eigenvalue weighted by atomic mass is 10.3. The normalized spacial score (nSPS) is 11.5. The molecule has 2 N–H and O–H groups in total. The molecule has 0 radical (unpaired) electrons. The summed E-state index contributed by atoms with van der Waals surface area (Å²) in [6.07, 6.45) is 0. The van der Waals surface area contributed by atoms with Gasteiger partial charge in [-0.05, 0) is 45.0 Å². The molecule has 5 heteroatoms. The van der Waals surface area contributed by atoms with Crippen LogP contribution in [0.1, 0.15) is 20.8 Å². The highest BCUT2D eigenvalue weighted by molar-refractivity contribution is 9.10. The monoisotopic (exact) mass is 327 g/mol. The lowest BCUT2D eigenvalue weighted by Crippen LogP contribution is -2.41. The van der Waals surface area contributed by atoms with Crippen molar-refractivity contribution in [3.63, 3.8) is 0 Å². The SMILES string of the molecule is CCNC(=NCCOc1ccc(Br)cc1)NC(C)C. The van der Waals surface area contributed by atoms with Gasteiger partial charge in [0.1, 0.15) is 12.4 Å². The van der Waals surface area contributed by atoms with Crippen molar-refractivity contribution in [2.24, 2.45) is 4.99 Å². The number of guanidine groups is 1. The van der Waals surface area contributed by atoms with E-state index in [-0.39, 0.29) is 0 Å². The van der Waals surface area contributed by atoms with Crippen LogP contribution in [0.5, 0.6) is 5.75 Å². The van der Waals surface area contributed by atoms with Crippen LogP contribution < -0.4 is 15.4 Å². The largest absolute Gasteiger partial charge is 0.492 e. The lowest BCUT2D eigenvalue weighted by molar-refractivity contribution is 0.328. The number of halogens is 1. The van der Waals surface area contributed by atoms with Crippen molar-refractivity contribution in [1.29, 1.82) is 0 Å². The third-order valence-corrected chi connectivity index (χ3v) is 2.74. The van der Waals surface area contributed by atoms with Gasteiger partial charge in [-0.15, -0.1) is 0 Å². The quantitative estimate of drug-likeness (QED) is 0.480.